The van der Waals surface area contributed by atoms with Crippen molar-refractivity contribution in [1.82, 2.24) is 5.48 Å². The maximum Gasteiger partial charge on any atom is 0.267 e. The molecule has 7 heteroatoms. The molecule has 0 aliphatic rings. The number of carbonyl (C=O) groups is 2. The highest BCUT2D eigenvalue weighted by molar-refractivity contribution is 9.10. The minimum absolute atomic E-state index is 0.369. The maximum atomic E-state index is 11.1. The summed E-state index contributed by atoms with van der Waals surface area (Å²) in [6, 6.07) is 3.37. The quantitative estimate of drug-likeness (QED) is 0.612. The fourth-order valence-electron chi connectivity index (χ4n) is 0.788. The average molecular weight is 289 g/mol. The van der Waals surface area contributed by atoms with Crippen molar-refractivity contribution in [3.63, 3.8) is 0 Å². The molecule has 16 heavy (non-hydrogen) atoms. The van der Waals surface area contributed by atoms with Crippen molar-refractivity contribution < 1.29 is 18.8 Å². The number of nitrogens with one attached hydrogen (secondary N) is 1. The third kappa shape index (κ3) is 4.76. The number of furan rings is 1. The van der Waals surface area contributed by atoms with Gasteiger partial charge in [-0.2, -0.15) is 0 Å². The minimum Gasteiger partial charge on any atom is -0.450 e. The Hall–Kier alpha value is -1.60. The van der Waals surface area contributed by atoms with Crippen LogP contribution in [-0.2, 0) is 14.4 Å². The number of amides is 2. The van der Waals surface area contributed by atoms with Gasteiger partial charge in [-0.3, -0.25) is 14.4 Å². The van der Waals surface area contributed by atoms with E-state index in [1.165, 1.54) is 12.2 Å². The smallest absolute Gasteiger partial charge is 0.267 e. The highest BCUT2D eigenvalue weighted by atomic mass is 79.9. The van der Waals surface area contributed by atoms with Crippen molar-refractivity contribution in [2.75, 3.05) is 6.61 Å². The van der Waals surface area contributed by atoms with Gasteiger partial charge in [-0.05, 0) is 34.1 Å². The average Bonchev–Trinajstić information content (AvgIpc) is 2.61. The molecule has 0 saturated heterocycles. The summed E-state index contributed by atoms with van der Waals surface area (Å²) >= 11 is 3.12. The van der Waals surface area contributed by atoms with Gasteiger partial charge in [-0.15, -0.1) is 0 Å². The van der Waals surface area contributed by atoms with E-state index in [9.17, 15) is 9.59 Å². The van der Waals surface area contributed by atoms with Crippen molar-refractivity contribution in [3.8, 4) is 0 Å². The molecule has 0 aliphatic carbocycles. The zero-order valence-corrected chi connectivity index (χ0v) is 9.69. The van der Waals surface area contributed by atoms with Crippen molar-refractivity contribution in [2.24, 2.45) is 5.73 Å². The Balaban J connectivity index is 2.34. The summed E-state index contributed by atoms with van der Waals surface area (Å²) in [5.41, 5.74) is 6.80. The summed E-state index contributed by atoms with van der Waals surface area (Å²) in [5, 5.41) is 0. The van der Waals surface area contributed by atoms with E-state index in [1.807, 2.05) is 5.48 Å². The molecule has 0 spiro atoms. The number of halogens is 1. The number of hydroxylamine groups is 1. The Bertz CT molecular complexity index is 413. The van der Waals surface area contributed by atoms with Crippen molar-refractivity contribution in [2.45, 2.75) is 0 Å². The first-order valence-electron chi connectivity index (χ1n) is 4.21. The van der Waals surface area contributed by atoms with E-state index in [1.54, 1.807) is 12.1 Å². The van der Waals surface area contributed by atoms with Crippen LogP contribution in [0.5, 0.6) is 0 Å². The first kappa shape index (κ1) is 12.5. The molecule has 0 radical (unpaired) electrons. The lowest BCUT2D eigenvalue weighted by Gasteiger charge is -1.99. The Kier molecular flexibility index (Phi) is 4.74. The van der Waals surface area contributed by atoms with Gasteiger partial charge in [0.15, 0.2) is 11.3 Å². The lowest BCUT2D eigenvalue weighted by molar-refractivity contribution is -0.134. The third-order valence-electron chi connectivity index (χ3n) is 1.38. The first-order chi connectivity index (χ1) is 7.58. The van der Waals surface area contributed by atoms with Crippen molar-refractivity contribution in [1.29, 1.82) is 0 Å². The highest BCUT2D eigenvalue weighted by Gasteiger charge is 1.99. The molecular weight excluding hydrogens is 280 g/mol. The van der Waals surface area contributed by atoms with Crippen LogP contribution in [-0.4, -0.2) is 18.4 Å². The Morgan fingerprint density at radius 3 is 2.88 bits per heavy atom. The van der Waals surface area contributed by atoms with Crippen molar-refractivity contribution >= 4 is 33.8 Å². The minimum atomic E-state index is -0.667. The van der Waals surface area contributed by atoms with Gasteiger partial charge in [-0.1, -0.05) is 0 Å². The molecule has 86 valence electrons. The van der Waals surface area contributed by atoms with Gasteiger partial charge in [-0.25, -0.2) is 5.48 Å². The molecule has 0 atom stereocenters. The van der Waals surface area contributed by atoms with Gasteiger partial charge in [0.25, 0.3) is 5.91 Å². The van der Waals surface area contributed by atoms with Crippen LogP contribution in [0.25, 0.3) is 6.08 Å². The van der Waals surface area contributed by atoms with Crippen molar-refractivity contribution in [3.05, 3.63) is 28.6 Å². The van der Waals surface area contributed by atoms with Crippen LogP contribution >= 0.6 is 15.9 Å². The highest BCUT2D eigenvalue weighted by Crippen LogP contribution is 2.14. The molecule has 0 aromatic carbocycles. The summed E-state index contributed by atoms with van der Waals surface area (Å²) in [7, 11) is 0. The molecule has 1 aromatic heterocycles. The molecule has 3 N–H and O–H groups in total. The van der Waals surface area contributed by atoms with Crippen LogP contribution in [0.2, 0.25) is 0 Å². The fourth-order valence-corrected chi connectivity index (χ4v) is 1.11. The first-order valence-corrected chi connectivity index (χ1v) is 5.00. The van der Waals surface area contributed by atoms with Gasteiger partial charge in [0, 0.05) is 6.08 Å². The Labute approximate surface area is 99.5 Å². The molecule has 1 heterocycles. The standard InChI is InChI=1S/C9H9BrN2O4/c10-7-3-1-6(16-7)2-4-9(14)12-15-5-8(11)13/h1-4H,5H2,(H2,11,13)(H,12,14)/b4-2+. The molecule has 0 saturated carbocycles. The van der Waals surface area contributed by atoms with E-state index >= 15 is 0 Å². The topological polar surface area (TPSA) is 94.6 Å². The van der Waals surface area contributed by atoms with Gasteiger partial charge < -0.3 is 10.2 Å². The number of primary amides is 1. The van der Waals surface area contributed by atoms with Crippen LogP contribution in [0.3, 0.4) is 0 Å². The van der Waals surface area contributed by atoms with E-state index in [0.717, 1.165) is 0 Å². The number of rotatable bonds is 5. The molecule has 1 aromatic rings. The van der Waals surface area contributed by atoms with Gasteiger partial charge in [0.05, 0.1) is 0 Å². The summed E-state index contributed by atoms with van der Waals surface area (Å²) in [5.74, 6) is -0.676. The number of hydrogen-bond donors (Lipinski definition) is 2. The second kappa shape index (κ2) is 6.09. The zero-order valence-electron chi connectivity index (χ0n) is 8.10. The summed E-state index contributed by atoms with van der Waals surface area (Å²) in [6.45, 7) is -0.369. The predicted molar refractivity (Wildman–Crippen MR) is 58.7 cm³/mol. The monoisotopic (exact) mass is 288 g/mol. The Morgan fingerprint density at radius 1 is 1.56 bits per heavy atom. The van der Waals surface area contributed by atoms with E-state index in [-0.39, 0.29) is 6.61 Å². The zero-order chi connectivity index (χ0) is 12.0. The maximum absolute atomic E-state index is 11.1. The summed E-state index contributed by atoms with van der Waals surface area (Å²) in [4.78, 5) is 25.8. The second-order valence-electron chi connectivity index (χ2n) is 2.70. The van der Waals surface area contributed by atoms with E-state index < -0.39 is 11.8 Å². The SMILES string of the molecule is NC(=O)CONC(=O)/C=C/c1ccc(Br)o1. The molecule has 0 aliphatic heterocycles. The fraction of sp³-hybridized carbons (Fsp3) is 0.111. The van der Waals surface area contributed by atoms with E-state index in [2.05, 4.69) is 20.8 Å². The molecule has 6 nitrogen and oxygen atoms in total. The molecule has 1 rings (SSSR count). The van der Waals surface area contributed by atoms with E-state index in [0.29, 0.717) is 10.4 Å². The third-order valence-corrected chi connectivity index (χ3v) is 1.81. The lowest BCUT2D eigenvalue weighted by atomic mass is 10.4. The second-order valence-corrected chi connectivity index (χ2v) is 3.48. The number of hydrogen-bond acceptors (Lipinski definition) is 4. The lowest BCUT2D eigenvalue weighted by Crippen LogP contribution is -2.28. The van der Waals surface area contributed by atoms with Crippen LogP contribution in [0.15, 0.2) is 27.3 Å². The number of carbonyl (C=O) groups excluding carboxylic acids is 2. The number of nitrogens with two attached hydrogens (primary N) is 1. The largest absolute Gasteiger partial charge is 0.450 e. The van der Waals surface area contributed by atoms with Crippen LogP contribution in [0.1, 0.15) is 5.76 Å². The summed E-state index contributed by atoms with van der Waals surface area (Å²) in [6.07, 6.45) is 2.65. The van der Waals surface area contributed by atoms with Crippen LogP contribution < -0.4 is 11.2 Å². The predicted octanol–water partition coefficient (Wildman–Crippen LogP) is 0.588. The van der Waals surface area contributed by atoms with Crippen LogP contribution in [0, 0.1) is 0 Å². The normalized spacial score (nSPS) is 10.6. The molecular formula is C9H9BrN2O4. The van der Waals surface area contributed by atoms with Gasteiger partial charge in [0.1, 0.15) is 5.76 Å². The van der Waals surface area contributed by atoms with Crippen LogP contribution in [0.4, 0.5) is 0 Å². The van der Waals surface area contributed by atoms with E-state index in [4.69, 9.17) is 10.2 Å². The van der Waals surface area contributed by atoms with Gasteiger partial charge >= 0.3 is 0 Å². The summed E-state index contributed by atoms with van der Waals surface area (Å²) < 4.78 is 5.68. The molecule has 2 amide bonds. The molecule has 0 unspecified atom stereocenters. The van der Waals surface area contributed by atoms with Gasteiger partial charge in [0.2, 0.25) is 5.91 Å². The molecule has 0 bridgehead atoms. The molecule has 0 fully saturated rings. The Morgan fingerprint density at radius 2 is 2.31 bits per heavy atom.